The average molecular weight is 1580 g/mol. The Kier molecular flexibility index (Phi) is 22.6. The van der Waals surface area contributed by atoms with Crippen LogP contribution in [-0.2, 0) is 18.5 Å². The Labute approximate surface area is 601 Å². The van der Waals surface area contributed by atoms with Crippen LogP contribution in [0.4, 0.5) is 39.5 Å². The first kappa shape index (κ1) is 74.0. The first-order chi connectivity index (χ1) is 46.6. The van der Waals surface area contributed by atoms with E-state index in [0.29, 0.717) is 20.2 Å². The van der Waals surface area contributed by atoms with E-state index in [2.05, 4.69) is 136 Å². The summed E-state index contributed by atoms with van der Waals surface area (Å²) in [6.45, 7) is 23.7. The molecule has 522 valence electrons. The molecule has 0 aliphatic heterocycles. The fraction of sp³-hybridized carbons (Fsp3) is 0.217. The quantitative estimate of drug-likeness (QED) is 0.0687. The van der Waals surface area contributed by atoms with Crippen molar-refractivity contribution in [2.24, 2.45) is 0 Å². The number of furan rings is 3. The second-order valence-corrected chi connectivity index (χ2v) is 30.2. The molecule has 0 atom stereocenters. The van der Waals surface area contributed by atoms with Crippen molar-refractivity contribution in [1.82, 2.24) is 44.9 Å². The highest BCUT2D eigenvalue weighted by atomic mass is 79.9. The van der Waals surface area contributed by atoms with Crippen LogP contribution < -0.4 is 0 Å². The topological polar surface area (TPSA) is 182 Å². The number of aromatic nitrogens is 9. The minimum Gasteiger partial charge on any atom is -0.462 e. The Morgan fingerprint density at radius 3 is 1.24 bits per heavy atom. The van der Waals surface area contributed by atoms with E-state index in [1.807, 2.05) is 45.2 Å². The predicted octanol–water partition coefficient (Wildman–Crippen LogP) is 27.5. The molecule has 18 rings (SSSR count). The molecule has 9 N–H and O–H groups in total. The van der Waals surface area contributed by atoms with Crippen molar-refractivity contribution in [2.45, 2.75) is 102 Å². The summed E-state index contributed by atoms with van der Waals surface area (Å²) in [7, 11) is 0. The second-order valence-electron chi connectivity index (χ2n) is 23.2. The van der Waals surface area contributed by atoms with E-state index < -0.39 is 35.2 Å². The smallest absolute Gasteiger partial charge is 0.421 e. The van der Waals surface area contributed by atoms with Crippen LogP contribution in [0.3, 0.4) is 0 Å². The molecule has 18 heterocycles. The molecule has 0 aromatic carbocycles. The summed E-state index contributed by atoms with van der Waals surface area (Å²) >= 11 is 24.3. The van der Waals surface area contributed by atoms with Crippen LogP contribution in [0.5, 0.6) is 0 Å². The fourth-order valence-electron chi connectivity index (χ4n) is 10.3. The van der Waals surface area contributed by atoms with Crippen LogP contribution in [0.25, 0.3) is 94.6 Å². The SMILES string of the molecule is Cc1cc2c(Br)csc2[nH]1.Cc1cc2c(C(F)(F)F)csc2[nH]1.Cc1cc2c(C)csc2[nH]1.Cc1cc2c(Cl)csc2[nH]1.Cc1cc2occ(C(F)(F)F)c2[nH]1.Cc1cc2occ(C)c2[nH]1.Cc1cc2occ(Cl)c2[nH]1.Cc1cc2scc(C(F)(F)F)c2[nH]1.Cc1cc2scc(C)c2[nH]1. The van der Waals surface area contributed by atoms with Gasteiger partial charge in [-0.25, -0.2) is 0 Å². The third-order valence-corrected chi connectivity index (χ3v) is 22.2. The van der Waals surface area contributed by atoms with Gasteiger partial charge < -0.3 is 58.1 Å². The van der Waals surface area contributed by atoms with Gasteiger partial charge in [0.25, 0.3) is 0 Å². The zero-order valence-electron chi connectivity index (χ0n) is 54.6. The summed E-state index contributed by atoms with van der Waals surface area (Å²) < 4.78 is 129. The molecule has 0 amide bonds. The van der Waals surface area contributed by atoms with E-state index in [0.717, 1.165) is 95.1 Å². The van der Waals surface area contributed by atoms with Crippen molar-refractivity contribution in [1.29, 1.82) is 0 Å². The van der Waals surface area contributed by atoms with Gasteiger partial charge in [-0.3, -0.25) is 0 Å². The van der Waals surface area contributed by atoms with Gasteiger partial charge in [0.1, 0.15) is 48.0 Å². The largest absolute Gasteiger partial charge is 0.462 e. The van der Waals surface area contributed by atoms with Crippen LogP contribution in [0.2, 0.25) is 10.0 Å². The van der Waals surface area contributed by atoms with Crippen LogP contribution in [0.1, 0.15) is 84.6 Å². The molecule has 99 heavy (non-hydrogen) atoms. The van der Waals surface area contributed by atoms with Gasteiger partial charge in [-0.15, -0.1) is 68.0 Å². The first-order valence-electron chi connectivity index (χ1n) is 29.8. The molecule has 0 saturated heterocycles. The molecule has 12 nitrogen and oxygen atoms in total. The van der Waals surface area contributed by atoms with Gasteiger partial charge in [0.2, 0.25) is 0 Å². The molecule has 0 unspecified atom stereocenters. The van der Waals surface area contributed by atoms with Crippen molar-refractivity contribution in [3.63, 3.8) is 0 Å². The zero-order chi connectivity index (χ0) is 71.7. The number of H-pyrrole nitrogens is 9. The zero-order valence-corrected chi connectivity index (χ0v) is 62.6. The molecular weight excluding hydrogens is 1520 g/mol. The maximum Gasteiger partial charge on any atom is 0.421 e. The maximum absolute atomic E-state index is 12.4. The maximum atomic E-state index is 12.4. The third kappa shape index (κ3) is 17.7. The predicted molar refractivity (Wildman–Crippen MR) is 398 cm³/mol. The summed E-state index contributed by atoms with van der Waals surface area (Å²) in [5, 5.41) is 16.3. The summed E-state index contributed by atoms with van der Waals surface area (Å²) in [5.41, 5.74) is 16.9. The minimum absolute atomic E-state index is 0.0185. The van der Waals surface area contributed by atoms with Crippen LogP contribution in [0, 0.1) is 83.1 Å². The van der Waals surface area contributed by atoms with Crippen LogP contribution in [-0.4, -0.2) is 44.9 Å². The van der Waals surface area contributed by atoms with Crippen molar-refractivity contribution >= 4 is 202 Å². The third-order valence-electron chi connectivity index (χ3n) is 14.8. The van der Waals surface area contributed by atoms with E-state index in [1.165, 1.54) is 97.8 Å². The van der Waals surface area contributed by atoms with Crippen molar-refractivity contribution < 1.29 is 52.8 Å². The molecule has 0 spiro atoms. The molecule has 18 aromatic rings. The van der Waals surface area contributed by atoms with Crippen LogP contribution in [0.15, 0.2) is 123 Å². The highest BCUT2D eigenvalue weighted by Crippen LogP contribution is 2.41. The first-order valence-corrected chi connectivity index (χ1v) is 36.6. The number of nitrogens with one attached hydrogen (secondary N) is 9. The molecule has 0 aliphatic rings. The number of hydrogen-bond donors (Lipinski definition) is 9. The average Bonchev–Trinajstić information content (AvgIpc) is 1.65. The monoisotopic (exact) mass is 1580 g/mol. The summed E-state index contributed by atoms with van der Waals surface area (Å²) in [6, 6.07) is 17.3. The molecule has 30 heteroatoms. The minimum atomic E-state index is -4.36. The number of fused-ring (bicyclic) bond motifs is 9. The van der Waals surface area contributed by atoms with Gasteiger partial charge in [0.05, 0.1) is 53.9 Å². The Hall–Kier alpha value is -7.67. The van der Waals surface area contributed by atoms with Crippen molar-refractivity contribution in [2.75, 3.05) is 0 Å². The molecule has 18 aromatic heterocycles. The van der Waals surface area contributed by atoms with E-state index in [4.69, 9.17) is 36.5 Å². The molecule has 0 saturated carbocycles. The normalized spacial score (nSPS) is 11.6. The number of aryl methyl sites for hydroxylation is 12. The van der Waals surface area contributed by atoms with Gasteiger partial charge in [-0.1, -0.05) is 23.2 Å². The number of alkyl halides is 9. The lowest BCUT2D eigenvalue weighted by molar-refractivity contribution is -0.137. The second kappa shape index (κ2) is 30.3. The highest BCUT2D eigenvalue weighted by Gasteiger charge is 2.36. The number of aromatic amines is 9. The van der Waals surface area contributed by atoms with Gasteiger partial charge in [0.15, 0.2) is 16.7 Å². The molecular formula is C69H63BrCl2F9N9O3S6. The Balaban J connectivity index is 0.000000121. The summed E-state index contributed by atoms with van der Waals surface area (Å²) in [4.78, 5) is 31.9. The van der Waals surface area contributed by atoms with Gasteiger partial charge in [-0.05, 0) is 157 Å². The van der Waals surface area contributed by atoms with Gasteiger partial charge in [0, 0.05) is 123 Å². The van der Waals surface area contributed by atoms with E-state index in [9.17, 15) is 39.5 Å². The number of hydrogen-bond acceptors (Lipinski definition) is 9. The standard InChI is InChI=1S/C8H6F3NO.2C8H6F3NS.C8H9NO.2C8H9NS.C7H6BrNS.C7H6ClNO.C7H6ClNS/c2*1-4-2-6-7(12-4)5(3-13-6)8(9,10)11;1-4-2-5-6(8(9,10)11)3-13-7(5)12-4;2*1-5-4-10-7-3-6(2)9-8(5)7;1-5-4-10-8-7(5)3-6(2)9-8;1-4-2-5-6(8)3-10-7(5)9-4;1-4-2-6-7(9-4)5(8)3-10-6;1-4-2-5-6(8)3-10-7(5)9-4/h3*2-3,12H,1H3;3*3-4,9H,1-2H3;3*2-3,9H,1H3. The number of thiophene rings is 6. The molecule has 0 bridgehead atoms. The van der Waals surface area contributed by atoms with Gasteiger partial charge >= 0.3 is 18.5 Å². The summed E-state index contributed by atoms with van der Waals surface area (Å²) in [6.07, 6.45) is -8.84. The fourth-order valence-corrected chi connectivity index (χ4v) is 17.3. The Bertz CT molecular complexity index is 4910. The molecule has 0 aliphatic carbocycles. The molecule has 0 fully saturated rings. The van der Waals surface area contributed by atoms with E-state index in [1.54, 1.807) is 78.4 Å². The van der Waals surface area contributed by atoms with E-state index >= 15 is 0 Å². The Morgan fingerprint density at radius 2 is 0.697 bits per heavy atom. The lowest BCUT2D eigenvalue weighted by Crippen LogP contribution is -2.03. The van der Waals surface area contributed by atoms with Crippen molar-refractivity contribution in [3.05, 3.63) is 205 Å². The van der Waals surface area contributed by atoms with Gasteiger partial charge in [-0.2, -0.15) is 39.5 Å². The summed E-state index contributed by atoms with van der Waals surface area (Å²) in [5.74, 6) is 0. The lowest BCUT2D eigenvalue weighted by Gasteiger charge is -2.02. The number of rotatable bonds is 0. The highest BCUT2D eigenvalue weighted by molar-refractivity contribution is 9.10. The lowest BCUT2D eigenvalue weighted by atomic mass is 10.2. The number of halogens is 12. The van der Waals surface area contributed by atoms with E-state index in [-0.39, 0.29) is 22.0 Å². The molecule has 0 radical (unpaired) electrons. The van der Waals surface area contributed by atoms with Crippen LogP contribution >= 0.6 is 107 Å². The Morgan fingerprint density at radius 1 is 0.313 bits per heavy atom. The van der Waals surface area contributed by atoms with Crippen molar-refractivity contribution in [3.8, 4) is 0 Å².